The summed E-state index contributed by atoms with van der Waals surface area (Å²) in [6.07, 6.45) is 3.05. The van der Waals surface area contributed by atoms with Crippen molar-refractivity contribution in [2.24, 2.45) is 23.0 Å². The van der Waals surface area contributed by atoms with Crippen molar-refractivity contribution in [3.05, 3.63) is 0 Å². The minimum Gasteiger partial charge on any atom is -0.389 e. The molecule has 3 N–H and O–H groups in total. The molecule has 1 rings (SSSR count). The first-order valence-electron chi connectivity index (χ1n) is 5.73. The quantitative estimate of drug-likeness (QED) is 0.716. The molecule has 0 aromatic rings. The van der Waals surface area contributed by atoms with E-state index in [-0.39, 0.29) is 5.41 Å². The first-order valence-corrected chi connectivity index (χ1v) is 5.73. The molecule has 1 aliphatic carbocycles. The summed E-state index contributed by atoms with van der Waals surface area (Å²) in [6.45, 7) is 9.18. The maximum Gasteiger partial charge on any atom is 0.0715 e. The lowest BCUT2D eigenvalue weighted by atomic mass is 9.62. The second-order valence-electron chi connectivity index (χ2n) is 5.97. The molecule has 0 radical (unpaired) electrons. The van der Waals surface area contributed by atoms with Crippen LogP contribution in [-0.4, -0.2) is 17.3 Å². The topological polar surface area (TPSA) is 46.2 Å². The predicted molar refractivity (Wildman–Crippen MR) is 60.0 cm³/mol. The summed E-state index contributed by atoms with van der Waals surface area (Å²) in [5, 5.41) is 10.7. The van der Waals surface area contributed by atoms with Crippen LogP contribution in [0.4, 0.5) is 0 Å². The van der Waals surface area contributed by atoms with Gasteiger partial charge in [0.15, 0.2) is 0 Å². The van der Waals surface area contributed by atoms with E-state index in [0.29, 0.717) is 18.4 Å². The van der Waals surface area contributed by atoms with Crippen molar-refractivity contribution < 1.29 is 5.11 Å². The van der Waals surface area contributed by atoms with Gasteiger partial charge in [-0.05, 0) is 31.1 Å². The highest BCUT2D eigenvalue weighted by atomic mass is 16.3. The minimum absolute atomic E-state index is 0.157. The van der Waals surface area contributed by atoms with Crippen molar-refractivity contribution in [2.45, 2.75) is 52.6 Å². The van der Waals surface area contributed by atoms with E-state index < -0.39 is 5.60 Å². The van der Waals surface area contributed by atoms with Crippen LogP contribution in [0.15, 0.2) is 0 Å². The maximum absolute atomic E-state index is 10.7. The van der Waals surface area contributed by atoms with E-state index in [9.17, 15) is 5.11 Å². The molecule has 0 aromatic heterocycles. The van der Waals surface area contributed by atoms with Gasteiger partial charge in [-0.3, -0.25) is 0 Å². The molecule has 14 heavy (non-hydrogen) atoms. The predicted octanol–water partition coefficient (Wildman–Crippen LogP) is 2.16. The lowest BCUT2D eigenvalue weighted by Gasteiger charge is -2.48. The fourth-order valence-corrected chi connectivity index (χ4v) is 2.83. The molecule has 0 spiro atoms. The molecule has 2 nitrogen and oxygen atoms in total. The van der Waals surface area contributed by atoms with Gasteiger partial charge < -0.3 is 10.8 Å². The van der Waals surface area contributed by atoms with Gasteiger partial charge in [-0.25, -0.2) is 0 Å². The number of rotatable bonds is 2. The summed E-state index contributed by atoms with van der Waals surface area (Å²) in [4.78, 5) is 0. The number of hydrogen-bond donors (Lipinski definition) is 2. The summed E-state index contributed by atoms with van der Waals surface area (Å²) in [7, 11) is 0. The second kappa shape index (κ2) is 3.82. The fourth-order valence-electron chi connectivity index (χ4n) is 2.83. The van der Waals surface area contributed by atoms with Crippen molar-refractivity contribution >= 4 is 0 Å². The molecule has 2 atom stereocenters. The van der Waals surface area contributed by atoms with Crippen LogP contribution >= 0.6 is 0 Å². The van der Waals surface area contributed by atoms with Gasteiger partial charge in [0.1, 0.15) is 0 Å². The third-order valence-electron chi connectivity index (χ3n) is 3.95. The van der Waals surface area contributed by atoms with Crippen molar-refractivity contribution in [1.82, 2.24) is 0 Å². The highest BCUT2D eigenvalue weighted by Crippen LogP contribution is 2.45. The molecular weight excluding hydrogens is 174 g/mol. The lowest BCUT2D eigenvalue weighted by molar-refractivity contribution is -0.113. The lowest BCUT2D eigenvalue weighted by Crippen LogP contribution is -2.52. The summed E-state index contributed by atoms with van der Waals surface area (Å²) < 4.78 is 0. The Morgan fingerprint density at radius 1 is 1.29 bits per heavy atom. The SMILES string of the molecule is CC1CC(C)CC(O)(C(C)(C)CN)C1. The van der Waals surface area contributed by atoms with Gasteiger partial charge >= 0.3 is 0 Å². The molecule has 0 bridgehead atoms. The number of aliphatic hydroxyl groups is 1. The molecule has 0 amide bonds. The number of hydrogen-bond acceptors (Lipinski definition) is 2. The Hall–Kier alpha value is -0.0800. The summed E-state index contributed by atoms with van der Waals surface area (Å²) in [5.74, 6) is 1.24. The van der Waals surface area contributed by atoms with Gasteiger partial charge in [0.05, 0.1) is 5.60 Å². The van der Waals surface area contributed by atoms with E-state index in [0.717, 1.165) is 12.8 Å². The van der Waals surface area contributed by atoms with Gasteiger partial charge in [-0.15, -0.1) is 0 Å². The van der Waals surface area contributed by atoms with Crippen LogP contribution in [0.1, 0.15) is 47.0 Å². The summed E-state index contributed by atoms with van der Waals surface area (Å²) in [5.41, 5.74) is 5.04. The zero-order valence-electron chi connectivity index (χ0n) is 10.0. The molecular formula is C12H25NO. The highest BCUT2D eigenvalue weighted by molar-refractivity contribution is 4.98. The smallest absolute Gasteiger partial charge is 0.0715 e. The average molecular weight is 199 g/mol. The van der Waals surface area contributed by atoms with Gasteiger partial charge in [0.25, 0.3) is 0 Å². The Balaban J connectivity index is 2.82. The van der Waals surface area contributed by atoms with Gasteiger partial charge in [0, 0.05) is 12.0 Å². The van der Waals surface area contributed by atoms with Crippen LogP contribution in [0.25, 0.3) is 0 Å². The third kappa shape index (κ3) is 2.12. The van der Waals surface area contributed by atoms with Crippen molar-refractivity contribution in [2.75, 3.05) is 6.54 Å². The molecule has 0 aromatic carbocycles. The highest BCUT2D eigenvalue weighted by Gasteiger charge is 2.46. The van der Waals surface area contributed by atoms with E-state index in [2.05, 4.69) is 27.7 Å². The van der Waals surface area contributed by atoms with Crippen LogP contribution in [0, 0.1) is 17.3 Å². The molecule has 0 heterocycles. The van der Waals surface area contributed by atoms with Crippen LogP contribution in [0.2, 0.25) is 0 Å². The minimum atomic E-state index is -0.557. The molecule has 2 heteroatoms. The first kappa shape index (κ1) is 12.0. The molecule has 0 aliphatic heterocycles. The zero-order valence-corrected chi connectivity index (χ0v) is 10.0. The molecule has 1 aliphatic rings. The Labute approximate surface area is 87.9 Å². The van der Waals surface area contributed by atoms with Crippen molar-refractivity contribution in [3.63, 3.8) is 0 Å². The molecule has 2 unspecified atom stereocenters. The van der Waals surface area contributed by atoms with E-state index >= 15 is 0 Å². The van der Waals surface area contributed by atoms with Crippen LogP contribution in [0.3, 0.4) is 0 Å². The van der Waals surface area contributed by atoms with E-state index in [4.69, 9.17) is 5.73 Å². The van der Waals surface area contributed by atoms with Crippen LogP contribution < -0.4 is 5.73 Å². The normalized spacial score (nSPS) is 39.9. The van der Waals surface area contributed by atoms with Gasteiger partial charge in [-0.2, -0.15) is 0 Å². The van der Waals surface area contributed by atoms with Crippen molar-refractivity contribution in [1.29, 1.82) is 0 Å². The summed E-state index contributed by atoms with van der Waals surface area (Å²) in [6, 6.07) is 0. The summed E-state index contributed by atoms with van der Waals surface area (Å²) >= 11 is 0. The second-order valence-corrected chi connectivity index (χ2v) is 5.97. The first-order chi connectivity index (χ1) is 6.31. The Bertz CT molecular complexity index is 190. The third-order valence-corrected chi connectivity index (χ3v) is 3.95. The molecule has 84 valence electrons. The zero-order chi connectivity index (χ0) is 11.0. The molecule has 1 fully saturated rings. The van der Waals surface area contributed by atoms with E-state index in [1.807, 2.05) is 0 Å². The average Bonchev–Trinajstić information content (AvgIpc) is 2.01. The Morgan fingerprint density at radius 3 is 2.07 bits per heavy atom. The van der Waals surface area contributed by atoms with E-state index in [1.165, 1.54) is 6.42 Å². The van der Waals surface area contributed by atoms with Gasteiger partial charge in [-0.1, -0.05) is 27.7 Å². The Kier molecular flexibility index (Phi) is 3.27. The number of nitrogens with two attached hydrogens (primary N) is 1. The van der Waals surface area contributed by atoms with E-state index in [1.54, 1.807) is 0 Å². The van der Waals surface area contributed by atoms with Crippen molar-refractivity contribution in [3.8, 4) is 0 Å². The Morgan fingerprint density at radius 2 is 1.71 bits per heavy atom. The fraction of sp³-hybridized carbons (Fsp3) is 1.00. The van der Waals surface area contributed by atoms with Gasteiger partial charge in [0.2, 0.25) is 0 Å². The maximum atomic E-state index is 10.7. The van der Waals surface area contributed by atoms with Crippen LogP contribution in [0.5, 0.6) is 0 Å². The largest absolute Gasteiger partial charge is 0.389 e. The standard InChI is InChI=1S/C12H25NO/c1-9-5-10(2)7-12(14,6-9)11(3,4)8-13/h9-10,14H,5-8,13H2,1-4H3. The monoisotopic (exact) mass is 199 g/mol. The van der Waals surface area contributed by atoms with Crippen LogP contribution in [-0.2, 0) is 0 Å². The molecule has 0 saturated heterocycles. The molecule has 1 saturated carbocycles.